The van der Waals surface area contributed by atoms with Crippen molar-refractivity contribution in [2.75, 3.05) is 0 Å². The lowest BCUT2D eigenvalue weighted by molar-refractivity contribution is 0.112. The van der Waals surface area contributed by atoms with Crippen molar-refractivity contribution in [3.8, 4) is 11.8 Å². The topological polar surface area (TPSA) is 50.1 Å². The number of halogens is 2. The highest BCUT2D eigenvalue weighted by atomic mass is 19.1. The Labute approximate surface area is 114 Å². The van der Waals surface area contributed by atoms with E-state index in [0.29, 0.717) is 11.8 Å². The third-order valence-corrected chi connectivity index (χ3v) is 2.65. The van der Waals surface area contributed by atoms with Crippen molar-refractivity contribution in [2.45, 2.75) is 6.61 Å². The molecule has 0 saturated heterocycles. The van der Waals surface area contributed by atoms with E-state index in [4.69, 9.17) is 10.00 Å². The molecule has 0 spiro atoms. The first kappa shape index (κ1) is 13.7. The van der Waals surface area contributed by atoms with Gasteiger partial charge in [0.25, 0.3) is 0 Å². The summed E-state index contributed by atoms with van der Waals surface area (Å²) in [5.74, 6) is -1.32. The molecule has 100 valence electrons. The number of hydrogen-bond acceptors (Lipinski definition) is 3. The van der Waals surface area contributed by atoms with E-state index in [0.717, 1.165) is 12.1 Å². The highest BCUT2D eigenvalue weighted by molar-refractivity contribution is 5.74. The maximum Gasteiger partial charge on any atom is 0.165 e. The van der Waals surface area contributed by atoms with Gasteiger partial charge in [0, 0.05) is 11.1 Å². The van der Waals surface area contributed by atoms with Crippen LogP contribution in [0, 0.1) is 23.0 Å². The largest absolute Gasteiger partial charge is 0.486 e. The molecule has 20 heavy (non-hydrogen) atoms. The second-order valence-corrected chi connectivity index (χ2v) is 4.01. The molecule has 0 aromatic heterocycles. The maximum atomic E-state index is 13.6. The van der Waals surface area contributed by atoms with E-state index in [2.05, 4.69) is 0 Å². The predicted octanol–water partition coefficient (Wildman–Crippen LogP) is 3.23. The van der Waals surface area contributed by atoms with Gasteiger partial charge >= 0.3 is 0 Å². The second kappa shape index (κ2) is 5.93. The number of benzene rings is 2. The first-order valence-electron chi connectivity index (χ1n) is 5.70. The van der Waals surface area contributed by atoms with Crippen molar-refractivity contribution >= 4 is 6.29 Å². The normalized spacial score (nSPS) is 9.85. The quantitative estimate of drug-likeness (QED) is 0.803. The van der Waals surface area contributed by atoms with Crippen molar-refractivity contribution in [2.24, 2.45) is 0 Å². The standard InChI is InChI=1S/C15H9F2NO2/c16-13-3-1-10(7-18)5-12(13)9-20-15-4-2-11(8-19)6-14(15)17/h1-6,8H,9H2. The molecule has 0 radical (unpaired) electrons. The van der Waals surface area contributed by atoms with Gasteiger partial charge in [-0.15, -0.1) is 0 Å². The summed E-state index contributed by atoms with van der Waals surface area (Å²) in [6, 6.07) is 9.45. The van der Waals surface area contributed by atoms with Crippen LogP contribution in [0.5, 0.6) is 5.75 Å². The van der Waals surface area contributed by atoms with Crippen LogP contribution in [-0.2, 0) is 6.61 Å². The lowest BCUT2D eigenvalue weighted by Gasteiger charge is -2.08. The average Bonchev–Trinajstić information content (AvgIpc) is 2.47. The van der Waals surface area contributed by atoms with Crippen LogP contribution in [0.15, 0.2) is 36.4 Å². The molecular formula is C15H9F2NO2. The molecule has 3 nitrogen and oxygen atoms in total. The van der Waals surface area contributed by atoms with Crippen molar-refractivity contribution in [3.05, 3.63) is 64.7 Å². The smallest absolute Gasteiger partial charge is 0.165 e. The minimum absolute atomic E-state index is 0.0858. The zero-order chi connectivity index (χ0) is 14.5. The minimum Gasteiger partial charge on any atom is -0.486 e. The minimum atomic E-state index is -0.702. The third-order valence-electron chi connectivity index (χ3n) is 2.65. The van der Waals surface area contributed by atoms with E-state index in [9.17, 15) is 13.6 Å². The molecule has 2 aromatic rings. The van der Waals surface area contributed by atoms with E-state index < -0.39 is 11.6 Å². The van der Waals surface area contributed by atoms with Crippen LogP contribution in [0.1, 0.15) is 21.5 Å². The summed E-state index contributed by atoms with van der Waals surface area (Å²) >= 11 is 0. The Morgan fingerprint density at radius 2 is 1.95 bits per heavy atom. The van der Waals surface area contributed by atoms with E-state index in [-0.39, 0.29) is 23.5 Å². The molecule has 0 aliphatic carbocycles. The predicted molar refractivity (Wildman–Crippen MR) is 67.2 cm³/mol. The molecule has 5 heteroatoms. The molecule has 0 heterocycles. The number of carbonyl (C=O) groups is 1. The van der Waals surface area contributed by atoms with E-state index >= 15 is 0 Å². The SMILES string of the molecule is N#Cc1ccc(F)c(COc2ccc(C=O)cc2F)c1. The molecule has 0 aliphatic rings. The summed E-state index contributed by atoms with van der Waals surface area (Å²) in [5, 5.41) is 8.73. The van der Waals surface area contributed by atoms with E-state index in [1.807, 2.05) is 6.07 Å². The van der Waals surface area contributed by atoms with Crippen LogP contribution in [0.25, 0.3) is 0 Å². The van der Waals surface area contributed by atoms with Crippen LogP contribution in [0.4, 0.5) is 8.78 Å². The average molecular weight is 273 g/mol. The molecular weight excluding hydrogens is 264 g/mol. The van der Waals surface area contributed by atoms with Gasteiger partial charge in [-0.05, 0) is 36.4 Å². The van der Waals surface area contributed by atoms with E-state index in [1.165, 1.54) is 24.3 Å². The zero-order valence-corrected chi connectivity index (χ0v) is 10.3. The highest BCUT2D eigenvalue weighted by Gasteiger charge is 2.08. The van der Waals surface area contributed by atoms with Crippen molar-refractivity contribution < 1.29 is 18.3 Å². The number of ether oxygens (including phenoxy) is 1. The maximum absolute atomic E-state index is 13.6. The van der Waals surface area contributed by atoms with Gasteiger partial charge in [0.1, 0.15) is 18.7 Å². The number of aldehydes is 1. The summed E-state index contributed by atoms with van der Waals surface area (Å²) in [5.41, 5.74) is 0.636. The number of nitrogens with zero attached hydrogens (tertiary/aromatic N) is 1. The molecule has 0 atom stereocenters. The summed E-state index contributed by atoms with van der Waals surface area (Å²) in [6.45, 7) is -0.210. The summed E-state index contributed by atoms with van der Waals surface area (Å²) in [4.78, 5) is 10.5. The van der Waals surface area contributed by atoms with Gasteiger partial charge in [0.2, 0.25) is 0 Å². The summed E-state index contributed by atoms with van der Waals surface area (Å²) in [7, 11) is 0. The fourth-order valence-corrected chi connectivity index (χ4v) is 1.62. The molecule has 2 aromatic carbocycles. The van der Waals surface area contributed by atoms with Crippen LogP contribution >= 0.6 is 0 Å². The molecule has 0 N–H and O–H groups in total. The lowest BCUT2D eigenvalue weighted by atomic mass is 10.1. The van der Waals surface area contributed by atoms with Gasteiger partial charge in [0.15, 0.2) is 11.6 Å². The van der Waals surface area contributed by atoms with Gasteiger partial charge < -0.3 is 4.74 Å². The first-order valence-corrected chi connectivity index (χ1v) is 5.70. The summed E-state index contributed by atoms with van der Waals surface area (Å²) in [6.07, 6.45) is 0.517. The first-order chi connectivity index (χ1) is 9.63. The van der Waals surface area contributed by atoms with Crippen LogP contribution in [0.3, 0.4) is 0 Å². The van der Waals surface area contributed by atoms with Gasteiger partial charge in [-0.3, -0.25) is 4.79 Å². The van der Waals surface area contributed by atoms with Gasteiger partial charge in [-0.1, -0.05) is 0 Å². The second-order valence-electron chi connectivity index (χ2n) is 4.01. The number of hydrogen-bond donors (Lipinski definition) is 0. The molecule has 0 fully saturated rings. The van der Waals surface area contributed by atoms with Gasteiger partial charge in [-0.2, -0.15) is 5.26 Å². The third kappa shape index (κ3) is 2.98. The van der Waals surface area contributed by atoms with Gasteiger partial charge in [0.05, 0.1) is 11.6 Å². The Balaban J connectivity index is 2.17. The molecule has 0 saturated carbocycles. The molecule has 0 bridgehead atoms. The Morgan fingerprint density at radius 3 is 2.60 bits per heavy atom. The Kier molecular flexibility index (Phi) is 4.06. The van der Waals surface area contributed by atoms with Crippen molar-refractivity contribution in [1.29, 1.82) is 5.26 Å². The molecule has 2 rings (SSSR count). The molecule has 0 aliphatic heterocycles. The number of rotatable bonds is 4. The molecule has 0 unspecified atom stereocenters. The van der Waals surface area contributed by atoms with Crippen molar-refractivity contribution in [3.63, 3.8) is 0 Å². The van der Waals surface area contributed by atoms with Crippen LogP contribution in [0.2, 0.25) is 0 Å². The van der Waals surface area contributed by atoms with Crippen molar-refractivity contribution in [1.82, 2.24) is 0 Å². The monoisotopic (exact) mass is 273 g/mol. The molecule has 0 amide bonds. The fourth-order valence-electron chi connectivity index (χ4n) is 1.62. The number of nitriles is 1. The number of carbonyl (C=O) groups excluding carboxylic acids is 1. The highest BCUT2D eigenvalue weighted by Crippen LogP contribution is 2.20. The van der Waals surface area contributed by atoms with Crippen LogP contribution in [-0.4, -0.2) is 6.29 Å². The van der Waals surface area contributed by atoms with E-state index in [1.54, 1.807) is 0 Å². The van der Waals surface area contributed by atoms with Gasteiger partial charge in [-0.25, -0.2) is 8.78 Å². The fraction of sp³-hybridized carbons (Fsp3) is 0.0667. The summed E-state index contributed by atoms with van der Waals surface area (Å²) < 4.78 is 32.2. The lowest BCUT2D eigenvalue weighted by Crippen LogP contribution is -2.01. The van der Waals surface area contributed by atoms with Crippen LogP contribution < -0.4 is 4.74 Å². The Hall–Kier alpha value is -2.74. The Morgan fingerprint density at radius 1 is 1.15 bits per heavy atom. The zero-order valence-electron chi connectivity index (χ0n) is 10.3. The Bertz CT molecular complexity index is 693.